The van der Waals surface area contributed by atoms with Crippen molar-refractivity contribution in [2.45, 2.75) is 51.0 Å². The van der Waals surface area contributed by atoms with Gasteiger partial charge in [-0.2, -0.15) is 5.10 Å². The van der Waals surface area contributed by atoms with Crippen LogP contribution >= 0.6 is 11.6 Å². The molecule has 3 aromatic carbocycles. The fourth-order valence-corrected chi connectivity index (χ4v) is 5.13. The Labute approximate surface area is 224 Å². The van der Waals surface area contributed by atoms with E-state index in [4.69, 9.17) is 16.7 Å². The molecule has 9 heteroatoms. The first-order valence-corrected chi connectivity index (χ1v) is 13.1. The molecule has 5 rings (SSSR count). The fraction of sp³-hybridized carbons (Fsp3) is 0.276. The standard InChI is InChI=1S/C29H28ClFN4O3/c1-18(28(36)37)19-11-16-26(24(31)17-19)32-29(38)34(21-7-3-2-4-8-21)27-23-9-5-6-10-25(23)33-35(27)22-14-12-20(30)13-15-22/h5-6,9-18,21H,2-4,7-8H2,1H3,(H,32,38)(H,36,37). The lowest BCUT2D eigenvalue weighted by molar-refractivity contribution is -0.138. The molecule has 1 heterocycles. The van der Waals surface area contributed by atoms with Gasteiger partial charge in [-0.15, -0.1) is 0 Å². The maximum absolute atomic E-state index is 15.1. The van der Waals surface area contributed by atoms with Crippen molar-refractivity contribution in [2.75, 3.05) is 10.2 Å². The van der Waals surface area contributed by atoms with Crippen LogP contribution < -0.4 is 10.2 Å². The maximum Gasteiger partial charge on any atom is 0.327 e. The number of rotatable bonds is 6. The monoisotopic (exact) mass is 534 g/mol. The third-order valence-corrected chi connectivity index (χ3v) is 7.37. The number of halogens is 2. The van der Waals surface area contributed by atoms with Crippen molar-refractivity contribution in [2.24, 2.45) is 0 Å². The van der Waals surface area contributed by atoms with Gasteiger partial charge in [-0.3, -0.25) is 9.69 Å². The lowest BCUT2D eigenvalue weighted by atomic mass is 9.94. The summed E-state index contributed by atoms with van der Waals surface area (Å²) in [6.45, 7) is 1.49. The van der Waals surface area contributed by atoms with Gasteiger partial charge < -0.3 is 10.4 Å². The van der Waals surface area contributed by atoms with Crippen molar-refractivity contribution in [3.05, 3.63) is 83.1 Å². The van der Waals surface area contributed by atoms with Gasteiger partial charge in [0.1, 0.15) is 11.6 Å². The molecule has 0 aliphatic heterocycles. The summed E-state index contributed by atoms with van der Waals surface area (Å²) in [6.07, 6.45) is 4.69. The summed E-state index contributed by atoms with van der Waals surface area (Å²) in [5.41, 5.74) is 1.78. The van der Waals surface area contributed by atoms with E-state index in [1.54, 1.807) is 21.7 Å². The van der Waals surface area contributed by atoms with Crippen LogP contribution in [0.2, 0.25) is 5.02 Å². The Balaban J connectivity index is 1.59. The molecule has 1 aromatic heterocycles. The molecule has 4 aromatic rings. The molecule has 1 aliphatic carbocycles. The number of aromatic nitrogens is 2. The van der Waals surface area contributed by atoms with Crippen LogP contribution in [0, 0.1) is 5.82 Å². The molecule has 0 radical (unpaired) electrons. The largest absolute Gasteiger partial charge is 0.481 e. The molecule has 1 aliphatic rings. The van der Waals surface area contributed by atoms with Gasteiger partial charge in [-0.1, -0.05) is 49.1 Å². The van der Waals surface area contributed by atoms with Gasteiger partial charge in [0.25, 0.3) is 0 Å². The second-order valence-corrected chi connectivity index (χ2v) is 10.1. The van der Waals surface area contributed by atoms with Crippen molar-refractivity contribution >= 4 is 46.0 Å². The Hall–Kier alpha value is -3.91. The van der Waals surface area contributed by atoms with E-state index in [2.05, 4.69) is 5.32 Å². The summed E-state index contributed by atoms with van der Waals surface area (Å²) in [6, 6.07) is 18.4. The molecule has 38 heavy (non-hydrogen) atoms. The van der Waals surface area contributed by atoms with E-state index in [0.717, 1.165) is 54.8 Å². The summed E-state index contributed by atoms with van der Waals surface area (Å²) in [5.74, 6) is -2.01. The maximum atomic E-state index is 15.1. The number of carbonyl (C=O) groups is 2. The van der Waals surface area contributed by atoms with Crippen molar-refractivity contribution < 1.29 is 19.1 Å². The number of carboxylic acid groups (broad SMARTS) is 1. The summed E-state index contributed by atoms with van der Waals surface area (Å²) in [4.78, 5) is 27.0. The van der Waals surface area contributed by atoms with Crippen LogP contribution in [0.4, 0.5) is 20.7 Å². The van der Waals surface area contributed by atoms with Crippen molar-refractivity contribution in [1.29, 1.82) is 0 Å². The number of hydrogen-bond donors (Lipinski definition) is 2. The molecule has 1 unspecified atom stereocenters. The van der Waals surface area contributed by atoms with Gasteiger partial charge in [-0.25, -0.2) is 13.9 Å². The normalized spacial score (nSPS) is 14.8. The zero-order valence-electron chi connectivity index (χ0n) is 20.9. The highest BCUT2D eigenvalue weighted by atomic mass is 35.5. The highest BCUT2D eigenvalue weighted by Crippen LogP contribution is 2.36. The van der Waals surface area contributed by atoms with Gasteiger partial charge in [0.15, 0.2) is 0 Å². The van der Waals surface area contributed by atoms with Crippen molar-refractivity contribution in [3.8, 4) is 5.69 Å². The third kappa shape index (κ3) is 5.09. The quantitative estimate of drug-likeness (QED) is 0.270. The average molecular weight is 535 g/mol. The van der Waals surface area contributed by atoms with Crippen LogP contribution in [-0.2, 0) is 4.79 Å². The predicted molar refractivity (Wildman–Crippen MR) is 147 cm³/mol. The SMILES string of the molecule is CC(C(=O)O)c1ccc(NC(=O)N(c2c3ccccc3nn2-c2ccc(Cl)cc2)C2CCCCC2)c(F)c1. The van der Waals surface area contributed by atoms with Gasteiger partial charge >= 0.3 is 12.0 Å². The molecule has 1 atom stereocenters. The number of carbonyl (C=O) groups excluding carboxylic acids is 1. The highest BCUT2D eigenvalue weighted by Gasteiger charge is 2.32. The zero-order chi connectivity index (χ0) is 26.8. The van der Waals surface area contributed by atoms with Crippen LogP contribution in [0.25, 0.3) is 16.6 Å². The van der Waals surface area contributed by atoms with E-state index >= 15 is 4.39 Å². The molecule has 2 N–H and O–H groups in total. The van der Waals surface area contributed by atoms with Gasteiger partial charge in [0.2, 0.25) is 0 Å². The van der Waals surface area contributed by atoms with E-state index in [-0.39, 0.29) is 11.7 Å². The Bertz CT molecular complexity index is 1480. The number of nitrogens with one attached hydrogen (secondary N) is 1. The van der Waals surface area contributed by atoms with Crippen molar-refractivity contribution in [1.82, 2.24) is 9.78 Å². The summed E-state index contributed by atoms with van der Waals surface area (Å²) in [5, 5.41) is 18.2. The Morgan fingerprint density at radius 3 is 2.47 bits per heavy atom. The Morgan fingerprint density at radius 1 is 1.08 bits per heavy atom. The molecule has 1 saturated carbocycles. The summed E-state index contributed by atoms with van der Waals surface area (Å²) < 4.78 is 16.8. The molecule has 0 saturated heterocycles. The highest BCUT2D eigenvalue weighted by molar-refractivity contribution is 6.30. The second-order valence-electron chi connectivity index (χ2n) is 9.62. The average Bonchev–Trinajstić information content (AvgIpc) is 3.29. The summed E-state index contributed by atoms with van der Waals surface area (Å²) >= 11 is 6.13. The van der Waals surface area contributed by atoms with E-state index in [0.29, 0.717) is 16.4 Å². The number of nitrogens with zero attached hydrogens (tertiary/aromatic N) is 3. The number of amides is 2. The number of benzene rings is 3. The molecule has 2 amide bonds. The Morgan fingerprint density at radius 2 is 1.79 bits per heavy atom. The topological polar surface area (TPSA) is 87.5 Å². The van der Waals surface area contributed by atoms with Crippen LogP contribution in [-0.4, -0.2) is 32.9 Å². The number of hydrogen-bond acceptors (Lipinski definition) is 3. The number of aliphatic carboxylic acids is 1. The van der Waals surface area contributed by atoms with Crippen LogP contribution in [0.15, 0.2) is 66.7 Å². The van der Waals surface area contributed by atoms with E-state index in [9.17, 15) is 14.7 Å². The fourth-order valence-electron chi connectivity index (χ4n) is 5.01. The van der Waals surface area contributed by atoms with Crippen molar-refractivity contribution in [3.63, 3.8) is 0 Å². The first kappa shape index (κ1) is 25.7. The lowest BCUT2D eigenvalue weighted by Gasteiger charge is -2.34. The molecule has 1 fully saturated rings. The molecule has 196 valence electrons. The minimum absolute atomic E-state index is 0.0148. The van der Waals surface area contributed by atoms with E-state index in [1.165, 1.54) is 19.1 Å². The predicted octanol–water partition coefficient (Wildman–Crippen LogP) is 7.38. The lowest BCUT2D eigenvalue weighted by Crippen LogP contribution is -2.45. The molecular weight excluding hydrogens is 507 g/mol. The second kappa shape index (κ2) is 10.8. The number of fused-ring (bicyclic) bond motifs is 1. The molecule has 7 nitrogen and oxygen atoms in total. The smallest absolute Gasteiger partial charge is 0.327 e. The first-order chi connectivity index (χ1) is 18.3. The van der Waals surface area contributed by atoms with E-state index < -0.39 is 23.7 Å². The van der Waals surface area contributed by atoms with Gasteiger partial charge in [0.05, 0.1) is 22.8 Å². The minimum Gasteiger partial charge on any atom is -0.481 e. The van der Waals surface area contributed by atoms with E-state index in [1.807, 2.05) is 36.4 Å². The van der Waals surface area contributed by atoms with Crippen LogP contribution in [0.1, 0.15) is 50.5 Å². The zero-order valence-corrected chi connectivity index (χ0v) is 21.7. The molecule has 0 bridgehead atoms. The summed E-state index contributed by atoms with van der Waals surface area (Å²) in [7, 11) is 0. The molecular formula is C29H28ClFN4O3. The van der Waals surface area contributed by atoms with Crippen LogP contribution in [0.3, 0.4) is 0 Å². The molecule has 0 spiro atoms. The van der Waals surface area contributed by atoms with Gasteiger partial charge in [0, 0.05) is 16.5 Å². The minimum atomic E-state index is -1.05. The third-order valence-electron chi connectivity index (χ3n) is 7.12. The number of carboxylic acids is 1. The number of anilines is 2. The van der Waals surface area contributed by atoms with Crippen LogP contribution in [0.5, 0.6) is 0 Å². The number of urea groups is 1. The Kier molecular flexibility index (Phi) is 7.33. The van der Waals surface area contributed by atoms with Gasteiger partial charge in [-0.05, 0) is 73.9 Å². The first-order valence-electron chi connectivity index (χ1n) is 12.7.